The second kappa shape index (κ2) is 5.58. The number of anilines is 1. The number of amides is 2. The fourth-order valence-electron chi connectivity index (χ4n) is 2.55. The van der Waals surface area contributed by atoms with Crippen molar-refractivity contribution in [2.24, 2.45) is 5.73 Å². The molecule has 5 nitrogen and oxygen atoms in total. The molecule has 1 heterocycles. The van der Waals surface area contributed by atoms with Crippen LogP contribution in [0.2, 0.25) is 0 Å². The minimum absolute atomic E-state index is 0.130. The number of hydrogen-bond donors (Lipinski definition) is 2. The second-order valence-corrected chi connectivity index (χ2v) is 5.24. The van der Waals surface area contributed by atoms with Gasteiger partial charge in [-0.1, -0.05) is 31.3 Å². The van der Waals surface area contributed by atoms with E-state index in [0.29, 0.717) is 12.0 Å². The smallest absolute Gasteiger partial charge is 0.249 e. The van der Waals surface area contributed by atoms with E-state index in [9.17, 15) is 9.59 Å². The summed E-state index contributed by atoms with van der Waals surface area (Å²) in [7, 11) is 0. The number of para-hydroxylation sites is 1. The van der Waals surface area contributed by atoms with E-state index in [1.165, 1.54) is 0 Å². The van der Waals surface area contributed by atoms with E-state index in [1.807, 2.05) is 32.0 Å². The van der Waals surface area contributed by atoms with E-state index >= 15 is 0 Å². The number of carbonyl (C=O) groups is 2. The Morgan fingerprint density at radius 1 is 1.50 bits per heavy atom. The molecule has 1 aromatic rings. The second-order valence-electron chi connectivity index (χ2n) is 4.80. The topological polar surface area (TPSA) is 75.4 Å². The lowest BCUT2D eigenvalue weighted by atomic mass is 10.0. The normalized spacial score (nSPS) is 18.9. The van der Waals surface area contributed by atoms with Crippen molar-refractivity contribution < 1.29 is 9.59 Å². The molecule has 1 aliphatic heterocycles. The third kappa shape index (κ3) is 2.51. The Labute approximate surface area is 123 Å². The number of thiocarbonyl (C=S) groups is 1. The highest BCUT2D eigenvalue weighted by atomic mass is 32.1. The molecule has 1 unspecified atom stereocenters. The van der Waals surface area contributed by atoms with Gasteiger partial charge in [0.1, 0.15) is 11.0 Å². The molecule has 2 amide bonds. The molecule has 1 aliphatic rings. The van der Waals surface area contributed by atoms with Gasteiger partial charge in [0.25, 0.3) is 0 Å². The summed E-state index contributed by atoms with van der Waals surface area (Å²) in [5.74, 6) is -0.585. The van der Waals surface area contributed by atoms with Gasteiger partial charge in [-0.3, -0.25) is 14.9 Å². The van der Waals surface area contributed by atoms with Crippen LogP contribution in [0.15, 0.2) is 18.2 Å². The van der Waals surface area contributed by atoms with Crippen LogP contribution in [0, 0.1) is 6.92 Å². The molecule has 0 radical (unpaired) electrons. The van der Waals surface area contributed by atoms with Crippen LogP contribution >= 0.6 is 12.2 Å². The van der Waals surface area contributed by atoms with Crippen molar-refractivity contribution in [1.29, 1.82) is 0 Å². The Morgan fingerprint density at radius 3 is 2.80 bits per heavy atom. The Kier molecular flexibility index (Phi) is 4.04. The van der Waals surface area contributed by atoms with E-state index < -0.39 is 0 Å². The molecule has 0 aliphatic carbocycles. The van der Waals surface area contributed by atoms with Gasteiger partial charge in [-0.15, -0.1) is 0 Å². The molecule has 0 spiro atoms. The van der Waals surface area contributed by atoms with E-state index in [2.05, 4.69) is 5.32 Å². The molecule has 1 fully saturated rings. The van der Waals surface area contributed by atoms with Gasteiger partial charge in [0, 0.05) is 5.56 Å². The van der Waals surface area contributed by atoms with Gasteiger partial charge in [-0.25, -0.2) is 0 Å². The average molecular weight is 291 g/mol. The standard InChI is InChI=1S/C14H17N3O2S/c1-3-10-14(19)16-11(18)7-17(10)12-8(2)5-4-6-9(12)13(15)20/h4-6,10H,3,7H2,1-2H3,(H2,15,20)(H,16,18,19). The van der Waals surface area contributed by atoms with Crippen LogP contribution in [0.5, 0.6) is 0 Å². The summed E-state index contributed by atoms with van der Waals surface area (Å²) in [5.41, 5.74) is 8.18. The monoisotopic (exact) mass is 291 g/mol. The number of nitrogens with zero attached hydrogens (tertiary/aromatic N) is 1. The maximum atomic E-state index is 12.0. The maximum absolute atomic E-state index is 12.0. The number of nitrogens with one attached hydrogen (secondary N) is 1. The first-order valence-electron chi connectivity index (χ1n) is 6.45. The summed E-state index contributed by atoms with van der Waals surface area (Å²) < 4.78 is 0. The summed E-state index contributed by atoms with van der Waals surface area (Å²) in [5, 5.41) is 2.36. The van der Waals surface area contributed by atoms with Gasteiger partial charge in [-0.05, 0) is 25.0 Å². The zero-order valence-corrected chi connectivity index (χ0v) is 12.3. The Hall–Kier alpha value is -1.95. The van der Waals surface area contributed by atoms with E-state index in [1.54, 1.807) is 4.90 Å². The summed E-state index contributed by atoms with van der Waals surface area (Å²) in [6.07, 6.45) is 0.601. The molecule has 0 aromatic heterocycles. The van der Waals surface area contributed by atoms with Crippen molar-refractivity contribution in [3.63, 3.8) is 0 Å². The van der Waals surface area contributed by atoms with Gasteiger partial charge in [0.15, 0.2) is 0 Å². The number of nitrogens with two attached hydrogens (primary N) is 1. The molecule has 1 atom stereocenters. The summed E-state index contributed by atoms with van der Waals surface area (Å²) in [6.45, 7) is 3.96. The highest BCUT2D eigenvalue weighted by molar-refractivity contribution is 7.80. The molecule has 1 aromatic carbocycles. The number of carbonyl (C=O) groups excluding carboxylic acids is 2. The van der Waals surface area contributed by atoms with Crippen LogP contribution < -0.4 is 16.0 Å². The van der Waals surface area contributed by atoms with Crippen molar-refractivity contribution in [2.75, 3.05) is 11.4 Å². The summed E-state index contributed by atoms with van der Waals surface area (Å²) in [4.78, 5) is 25.7. The fraction of sp³-hybridized carbons (Fsp3) is 0.357. The molecule has 6 heteroatoms. The van der Waals surface area contributed by atoms with Gasteiger partial charge in [0.2, 0.25) is 11.8 Å². The number of benzene rings is 1. The predicted octanol–water partition coefficient (Wildman–Crippen LogP) is 0.871. The van der Waals surface area contributed by atoms with Gasteiger partial charge in [-0.2, -0.15) is 0 Å². The molecule has 0 bridgehead atoms. The molecular formula is C14H17N3O2S. The number of hydrogen-bond acceptors (Lipinski definition) is 4. The average Bonchev–Trinajstić information content (AvgIpc) is 2.37. The number of piperazine rings is 1. The first-order chi connectivity index (χ1) is 9.45. The zero-order valence-electron chi connectivity index (χ0n) is 11.5. The summed E-state index contributed by atoms with van der Waals surface area (Å²) >= 11 is 5.08. The zero-order chi connectivity index (χ0) is 14.9. The van der Waals surface area contributed by atoms with Crippen molar-refractivity contribution in [1.82, 2.24) is 5.32 Å². The van der Waals surface area contributed by atoms with Crippen molar-refractivity contribution in [3.05, 3.63) is 29.3 Å². The molecule has 1 saturated heterocycles. The Bertz CT molecular complexity index is 586. The number of imide groups is 1. The van der Waals surface area contributed by atoms with Crippen molar-refractivity contribution >= 4 is 34.7 Å². The highest BCUT2D eigenvalue weighted by Gasteiger charge is 2.34. The van der Waals surface area contributed by atoms with Crippen LogP contribution in [-0.2, 0) is 9.59 Å². The van der Waals surface area contributed by atoms with Crippen LogP contribution in [0.25, 0.3) is 0 Å². The first-order valence-corrected chi connectivity index (χ1v) is 6.86. The molecule has 3 N–H and O–H groups in total. The van der Waals surface area contributed by atoms with Crippen molar-refractivity contribution in [2.45, 2.75) is 26.3 Å². The third-order valence-electron chi connectivity index (χ3n) is 3.43. The van der Waals surface area contributed by atoms with Crippen LogP contribution in [-0.4, -0.2) is 29.4 Å². The lowest BCUT2D eigenvalue weighted by Crippen LogP contribution is -2.58. The predicted molar refractivity (Wildman–Crippen MR) is 81.6 cm³/mol. The number of rotatable bonds is 3. The van der Waals surface area contributed by atoms with Gasteiger partial charge >= 0.3 is 0 Å². The summed E-state index contributed by atoms with van der Waals surface area (Å²) in [6, 6.07) is 5.21. The Balaban J connectivity index is 2.55. The molecule has 2 rings (SSSR count). The minimum Gasteiger partial charge on any atom is -0.389 e. The lowest BCUT2D eigenvalue weighted by molar-refractivity contribution is -0.132. The first kappa shape index (κ1) is 14.5. The number of aryl methyl sites for hydroxylation is 1. The molecule has 106 valence electrons. The van der Waals surface area contributed by atoms with Crippen LogP contribution in [0.3, 0.4) is 0 Å². The van der Waals surface area contributed by atoms with Crippen LogP contribution in [0.4, 0.5) is 5.69 Å². The van der Waals surface area contributed by atoms with E-state index in [0.717, 1.165) is 11.3 Å². The van der Waals surface area contributed by atoms with Crippen LogP contribution in [0.1, 0.15) is 24.5 Å². The van der Waals surface area contributed by atoms with E-state index in [4.69, 9.17) is 18.0 Å². The van der Waals surface area contributed by atoms with Gasteiger partial charge in [0.05, 0.1) is 12.2 Å². The fourth-order valence-corrected chi connectivity index (χ4v) is 2.71. The highest BCUT2D eigenvalue weighted by Crippen LogP contribution is 2.29. The third-order valence-corrected chi connectivity index (χ3v) is 3.65. The maximum Gasteiger partial charge on any atom is 0.249 e. The minimum atomic E-state index is -0.387. The molecular weight excluding hydrogens is 274 g/mol. The quantitative estimate of drug-likeness (QED) is 0.638. The van der Waals surface area contributed by atoms with E-state index in [-0.39, 0.29) is 29.4 Å². The van der Waals surface area contributed by atoms with Gasteiger partial charge < -0.3 is 10.6 Å². The Morgan fingerprint density at radius 2 is 2.20 bits per heavy atom. The molecule has 20 heavy (non-hydrogen) atoms. The lowest BCUT2D eigenvalue weighted by Gasteiger charge is -2.37. The molecule has 0 saturated carbocycles. The SMILES string of the molecule is CCC1C(=O)NC(=O)CN1c1c(C)cccc1C(N)=S. The van der Waals surface area contributed by atoms with Crippen molar-refractivity contribution in [3.8, 4) is 0 Å². The largest absolute Gasteiger partial charge is 0.389 e.